The molecular weight excluding hydrogens is 366 g/mol. The van der Waals surface area contributed by atoms with Crippen LogP contribution in [0.3, 0.4) is 0 Å². The number of hydrogen-bond donors (Lipinski definition) is 1. The van der Waals surface area contributed by atoms with E-state index in [-0.39, 0.29) is 0 Å². The van der Waals surface area contributed by atoms with E-state index < -0.39 is 5.97 Å². The van der Waals surface area contributed by atoms with Crippen LogP contribution in [0.2, 0.25) is 0 Å². The van der Waals surface area contributed by atoms with Gasteiger partial charge in [-0.1, -0.05) is 24.3 Å². The van der Waals surface area contributed by atoms with Gasteiger partial charge in [0, 0.05) is 11.6 Å². The zero-order valence-corrected chi connectivity index (χ0v) is 15.9. The van der Waals surface area contributed by atoms with Crippen LogP contribution >= 0.6 is 0 Å². The summed E-state index contributed by atoms with van der Waals surface area (Å²) in [6.45, 7) is 2.00. The second-order valence-electron chi connectivity index (χ2n) is 6.52. The number of methoxy groups -OCH3 is 1. The molecule has 4 rings (SSSR count). The molecular formula is C23H17N3O3. The average Bonchev–Trinajstić information content (AvgIpc) is 3.37. The summed E-state index contributed by atoms with van der Waals surface area (Å²) in [4.78, 5) is 19.7. The Kier molecular flexibility index (Phi) is 4.71. The minimum absolute atomic E-state index is 0.348. The monoisotopic (exact) mass is 383 g/mol. The van der Waals surface area contributed by atoms with E-state index in [2.05, 4.69) is 16.0 Å². The van der Waals surface area contributed by atoms with E-state index in [0.717, 1.165) is 16.6 Å². The highest BCUT2D eigenvalue weighted by Crippen LogP contribution is 2.28. The Balaban J connectivity index is 1.71. The fourth-order valence-corrected chi connectivity index (χ4v) is 3.11. The van der Waals surface area contributed by atoms with Crippen molar-refractivity contribution in [2.24, 2.45) is 0 Å². The largest absolute Gasteiger partial charge is 0.465 e. The van der Waals surface area contributed by atoms with Crippen molar-refractivity contribution >= 4 is 28.7 Å². The van der Waals surface area contributed by atoms with E-state index in [1.165, 1.54) is 7.11 Å². The number of H-pyrrole nitrogens is 1. The van der Waals surface area contributed by atoms with Gasteiger partial charge in [-0.25, -0.2) is 9.78 Å². The third-order valence-corrected chi connectivity index (χ3v) is 4.52. The molecule has 0 radical (unpaired) electrons. The molecule has 0 bridgehead atoms. The Morgan fingerprint density at radius 2 is 2.03 bits per heavy atom. The number of ether oxygens (including phenoxy) is 1. The fraction of sp³-hybridized carbons (Fsp3) is 0.0870. The first-order chi connectivity index (χ1) is 14.1. The summed E-state index contributed by atoms with van der Waals surface area (Å²) >= 11 is 0. The lowest BCUT2D eigenvalue weighted by atomic mass is 10.1. The van der Waals surface area contributed by atoms with Gasteiger partial charge in [0.1, 0.15) is 23.4 Å². The second kappa shape index (κ2) is 7.49. The lowest BCUT2D eigenvalue weighted by molar-refractivity contribution is 0.0601. The molecule has 0 amide bonds. The first-order valence-corrected chi connectivity index (χ1v) is 8.95. The average molecular weight is 383 g/mol. The number of aryl methyl sites for hydroxylation is 1. The van der Waals surface area contributed by atoms with Gasteiger partial charge in [-0.2, -0.15) is 5.26 Å². The SMILES string of the molecule is COC(=O)c1ccccc1-c1ccc(/C=C(\C#N)c2nc3ccc(C)cc3[nH]2)o1. The molecule has 2 aromatic heterocycles. The van der Waals surface area contributed by atoms with Crippen molar-refractivity contribution in [1.82, 2.24) is 9.97 Å². The number of nitrogens with zero attached hydrogens (tertiary/aromatic N) is 2. The molecule has 4 aromatic rings. The minimum atomic E-state index is -0.440. The molecule has 0 saturated carbocycles. The molecule has 0 saturated heterocycles. The summed E-state index contributed by atoms with van der Waals surface area (Å²) in [7, 11) is 1.34. The molecule has 29 heavy (non-hydrogen) atoms. The van der Waals surface area contributed by atoms with Crippen LogP contribution in [-0.2, 0) is 4.74 Å². The lowest BCUT2D eigenvalue weighted by Gasteiger charge is -2.04. The predicted octanol–water partition coefficient (Wildman–Crippen LogP) is 4.98. The van der Waals surface area contributed by atoms with Gasteiger partial charge < -0.3 is 14.1 Å². The molecule has 6 heteroatoms. The van der Waals surface area contributed by atoms with Crippen LogP contribution in [0.5, 0.6) is 0 Å². The summed E-state index contributed by atoms with van der Waals surface area (Å²) < 4.78 is 10.7. The second-order valence-corrected chi connectivity index (χ2v) is 6.52. The summed E-state index contributed by atoms with van der Waals surface area (Å²) in [6, 6.07) is 18.6. The number of carbonyl (C=O) groups excluding carboxylic acids is 1. The number of esters is 1. The molecule has 1 N–H and O–H groups in total. The highest BCUT2D eigenvalue weighted by atomic mass is 16.5. The van der Waals surface area contributed by atoms with Gasteiger partial charge in [0.2, 0.25) is 0 Å². The number of nitriles is 1. The number of aromatic nitrogens is 2. The number of rotatable bonds is 4. The van der Waals surface area contributed by atoms with Gasteiger partial charge in [0.05, 0.1) is 29.3 Å². The zero-order chi connectivity index (χ0) is 20.4. The Hall–Kier alpha value is -4.11. The van der Waals surface area contributed by atoms with Crippen molar-refractivity contribution in [2.75, 3.05) is 7.11 Å². The predicted molar refractivity (Wildman–Crippen MR) is 110 cm³/mol. The number of hydrogen-bond acceptors (Lipinski definition) is 5. The summed E-state index contributed by atoms with van der Waals surface area (Å²) in [5, 5.41) is 9.61. The van der Waals surface area contributed by atoms with Gasteiger partial charge in [0.15, 0.2) is 0 Å². The Morgan fingerprint density at radius 3 is 2.83 bits per heavy atom. The first kappa shape index (κ1) is 18.3. The molecule has 0 spiro atoms. The van der Waals surface area contributed by atoms with Crippen molar-refractivity contribution in [2.45, 2.75) is 6.92 Å². The maximum absolute atomic E-state index is 12.0. The quantitative estimate of drug-likeness (QED) is 0.396. The third-order valence-electron chi connectivity index (χ3n) is 4.52. The summed E-state index contributed by atoms with van der Waals surface area (Å²) in [5.74, 6) is 1.02. The van der Waals surface area contributed by atoms with E-state index in [4.69, 9.17) is 9.15 Å². The lowest BCUT2D eigenvalue weighted by Crippen LogP contribution is -2.02. The fourth-order valence-electron chi connectivity index (χ4n) is 3.11. The molecule has 2 aromatic carbocycles. The number of allylic oxidation sites excluding steroid dienone is 1. The number of carbonyl (C=O) groups is 1. The molecule has 0 aliphatic carbocycles. The number of imidazole rings is 1. The van der Waals surface area contributed by atoms with Crippen molar-refractivity contribution in [3.63, 3.8) is 0 Å². The normalized spacial score (nSPS) is 11.4. The van der Waals surface area contributed by atoms with Crippen LogP contribution in [0.15, 0.2) is 59.0 Å². The van der Waals surface area contributed by atoms with Crippen LogP contribution < -0.4 is 0 Å². The number of furan rings is 1. The number of benzene rings is 2. The van der Waals surface area contributed by atoms with Crippen molar-refractivity contribution in [3.8, 4) is 17.4 Å². The van der Waals surface area contributed by atoms with Crippen LogP contribution in [0.1, 0.15) is 27.5 Å². The highest BCUT2D eigenvalue weighted by molar-refractivity contribution is 5.96. The van der Waals surface area contributed by atoms with E-state index in [1.54, 1.807) is 36.4 Å². The van der Waals surface area contributed by atoms with Crippen molar-refractivity contribution in [3.05, 3.63) is 77.3 Å². The number of fused-ring (bicyclic) bond motifs is 1. The van der Waals surface area contributed by atoms with Crippen molar-refractivity contribution in [1.29, 1.82) is 5.26 Å². The molecule has 142 valence electrons. The van der Waals surface area contributed by atoms with Gasteiger partial charge >= 0.3 is 5.97 Å². The molecule has 0 aliphatic heterocycles. The molecule has 6 nitrogen and oxygen atoms in total. The molecule has 0 atom stereocenters. The topological polar surface area (TPSA) is 91.9 Å². The zero-order valence-electron chi connectivity index (χ0n) is 15.9. The van der Waals surface area contributed by atoms with Gasteiger partial charge in [-0.15, -0.1) is 0 Å². The van der Waals surface area contributed by atoms with E-state index >= 15 is 0 Å². The first-order valence-electron chi connectivity index (χ1n) is 8.95. The Morgan fingerprint density at radius 1 is 1.21 bits per heavy atom. The van der Waals surface area contributed by atoms with Crippen LogP contribution in [0.25, 0.3) is 34.0 Å². The van der Waals surface area contributed by atoms with E-state index in [9.17, 15) is 10.1 Å². The number of nitrogens with one attached hydrogen (secondary N) is 1. The van der Waals surface area contributed by atoms with Crippen molar-refractivity contribution < 1.29 is 13.9 Å². The van der Waals surface area contributed by atoms with Crippen LogP contribution in [0, 0.1) is 18.3 Å². The highest BCUT2D eigenvalue weighted by Gasteiger charge is 2.16. The standard InChI is InChI=1S/C23H17N3O3/c1-14-7-9-19-20(11-14)26-22(25-19)15(13-24)12-16-8-10-21(29-16)17-5-3-4-6-18(17)23(27)28-2/h3-12H,1-2H3,(H,25,26)/b15-12+. The van der Waals surface area contributed by atoms with E-state index in [0.29, 0.717) is 34.0 Å². The smallest absolute Gasteiger partial charge is 0.338 e. The maximum atomic E-state index is 12.0. The van der Waals surface area contributed by atoms with Crippen LogP contribution in [-0.4, -0.2) is 23.0 Å². The third kappa shape index (κ3) is 3.54. The maximum Gasteiger partial charge on any atom is 0.338 e. The minimum Gasteiger partial charge on any atom is -0.465 e. The molecule has 0 fully saturated rings. The summed E-state index contributed by atoms with van der Waals surface area (Å²) in [6.07, 6.45) is 1.62. The van der Waals surface area contributed by atoms with Gasteiger partial charge in [-0.05, 0) is 42.8 Å². The van der Waals surface area contributed by atoms with Gasteiger partial charge in [-0.3, -0.25) is 0 Å². The van der Waals surface area contributed by atoms with Gasteiger partial charge in [0.25, 0.3) is 0 Å². The summed E-state index contributed by atoms with van der Waals surface area (Å²) in [5.41, 5.74) is 4.15. The Labute approximate surface area is 167 Å². The molecule has 0 unspecified atom stereocenters. The number of aromatic amines is 1. The van der Waals surface area contributed by atoms with E-state index in [1.807, 2.05) is 31.2 Å². The molecule has 2 heterocycles. The molecule has 0 aliphatic rings. The van der Waals surface area contributed by atoms with Crippen LogP contribution in [0.4, 0.5) is 0 Å². The Bertz CT molecular complexity index is 1290.